The second-order valence-corrected chi connectivity index (χ2v) is 4.20. The van der Waals surface area contributed by atoms with E-state index < -0.39 is 0 Å². The summed E-state index contributed by atoms with van der Waals surface area (Å²) in [6.07, 6.45) is 8.35. The van der Waals surface area contributed by atoms with Crippen molar-refractivity contribution in [3.8, 4) is 0 Å². The summed E-state index contributed by atoms with van der Waals surface area (Å²) >= 11 is 0. The molecule has 0 aromatic rings. The molecule has 1 aliphatic heterocycles. The van der Waals surface area contributed by atoms with Crippen LogP contribution < -0.4 is 5.73 Å². The molecular weight excluding hydrogens is 148 g/mol. The monoisotopic (exact) mass is 168 g/mol. The molecule has 2 fully saturated rings. The first kappa shape index (κ1) is 8.52. The largest absolute Gasteiger partial charge is 0.330 e. The molecule has 1 heterocycles. The van der Waals surface area contributed by atoms with Crippen LogP contribution in [0.1, 0.15) is 38.5 Å². The van der Waals surface area contributed by atoms with Crippen LogP contribution in [-0.4, -0.2) is 30.1 Å². The number of hydrogen-bond donors (Lipinski definition) is 1. The molecular formula is C10H20N2. The van der Waals surface area contributed by atoms with Crippen LogP contribution in [0.15, 0.2) is 0 Å². The zero-order chi connectivity index (χ0) is 8.39. The van der Waals surface area contributed by atoms with Gasteiger partial charge >= 0.3 is 0 Å². The molecule has 0 aromatic carbocycles. The Balaban J connectivity index is 1.87. The second-order valence-electron chi connectivity index (χ2n) is 4.20. The smallest absolute Gasteiger partial charge is 0.0110 e. The summed E-state index contributed by atoms with van der Waals surface area (Å²) in [6, 6.07) is 1.78. The first-order valence-corrected chi connectivity index (χ1v) is 5.37. The minimum absolute atomic E-state index is 0.830. The summed E-state index contributed by atoms with van der Waals surface area (Å²) in [7, 11) is 0. The minimum atomic E-state index is 0.830. The third-order valence-electron chi connectivity index (χ3n) is 3.19. The topological polar surface area (TPSA) is 29.3 Å². The summed E-state index contributed by atoms with van der Waals surface area (Å²) in [5.74, 6) is 0. The van der Waals surface area contributed by atoms with Crippen LogP contribution in [0.25, 0.3) is 0 Å². The van der Waals surface area contributed by atoms with Gasteiger partial charge in [0.25, 0.3) is 0 Å². The van der Waals surface area contributed by atoms with Crippen LogP contribution in [0.2, 0.25) is 0 Å². The number of nitrogens with zero attached hydrogens (tertiary/aromatic N) is 1. The van der Waals surface area contributed by atoms with Gasteiger partial charge in [0.15, 0.2) is 0 Å². The fourth-order valence-corrected chi connectivity index (χ4v) is 2.41. The molecule has 2 nitrogen and oxygen atoms in total. The number of nitrogens with two attached hydrogens (primary N) is 1. The summed E-state index contributed by atoms with van der Waals surface area (Å²) in [4.78, 5) is 2.72. The van der Waals surface area contributed by atoms with Gasteiger partial charge in [-0.25, -0.2) is 0 Å². The molecule has 2 heteroatoms. The van der Waals surface area contributed by atoms with Gasteiger partial charge in [0, 0.05) is 12.1 Å². The van der Waals surface area contributed by atoms with Crippen LogP contribution in [-0.2, 0) is 0 Å². The zero-order valence-electron chi connectivity index (χ0n) is 7.84. The van der Waals surface area contributed by atoms with E-state index in [0.717, 1.165) is 18.6 Å². The molecule has 0 spiro atoms. The van der Waals surface area contributed by atoms with Crippen molar-refractivity contribution in [2.75, 3.05) is 13.1 Å². The van der Waals surface area contributed by atoms with Gasteiger partial charge in [-0.15, -0.1) is 0 Å². The number of hydrogen-bond acceptors (Lipinski definition) is 2. The molecule has 0 bridgehead atoms. The van der Waals surface area contributed by atoms with Crippen LogP contribution in [0, 0.1) is 0 Å². The highest BCUT2D eigenvalue weighted by Gasteiger charge is 2.34. The van der Waals surface area contributed by atoms with Gasteiger partial charge < -0.3 is 5.73 Å². The maximum atomic E-state index is 5.62. The zero-order valence-corrected chi connectivity index (χ0v) is 7.84. The van der Waals surface area contributed by atoms with Crippen LogP contribution >= 0.6 is 0 Å². The lowest BCUT2D eigenvalue weighted by molar-refractivity contribution is 0.133. The predicted molar refractivity (Wildman–Crippen MR) is 51.0 cm³/mol. The number of likely N-dealkylation sites (tertiary alicyclic amines) is 1. The van der Waals surface area contributed by atoms with Gasteiger partial charge in [0.2, 0.25) is 0 Å². The molecule has 1 aliphatic carbocycles. The Kier molecular flexibility index (Phi) is 2.66. The molecule has 2 N–H and O–H groups in total. The van der Waals surface area contributed by atoms with Crippen molar-refractivity contribution >= 4 is 0 Å². The van der Waals surface area contributed by atoms with E-state index in [2.05, 4.69) is 4.90 Å². The standard InChI is InChI=1S/C10H20N2/c11-7-6-9-3-1-2-8-12(9)10-4-5-10/h9-10H,1-8,11H2. The van der Waals surface area contributed by atoms with Crippen LogP contribution in [0.4, 0.5) is 0 Å². The SMILES string of the molecule is NCCC1CCCCN1C1CC1. The van der Waals surface area contributed by atoms with Crippen molar-refractivity contribution in [3.05, 3.63) is 0 Å². The number of piperidine rings is 1. The first-order chi connectivity index (χ1) is 5.92. The van der Waals surface area contributed by atoms with E-state index in [1.807, 2.05) is 0 Å². The fraction of sp³-hybridized carbons (Fsp3) is 1.00. The van der Waals surface area contributed by atoms with Crippen molar-refractivity contribution in [2.45, 2.75) is 50.6 Å². The normalized spacial score (nSPS) is 32.2. The molecule has 2 rings (SSSR count). The summed E-state index contributed by atoms with van der Waals surface area (Å²) in [5, 5.41) is 0. The highest BCUT2D eigenvalue weighted by atomic mass is 15.2. The Hall–Kier alpha value is -0.0800. The second kappa shape index (κ2) is 3.75. The summed E-state index contributed by atoms with van der Waals surface area (Å²) < 4.78 is 0. The average Bonchev–Trinajstić information content (AvgIpc) is 2.89. The van der Waals surface area contributed by atoms with E-state index in [9.17, 15) is 0 Å². The molecule has 1 saturated heterocycles. The molecule has 12 heavy (non-hydrogen) atoms. The Morgan fingerprint density at radius 1 is 1.17 bits per heavy atom. The molecule has 0 amide bonds. The highest BCUT2D eigenvalue weighted by Crippen LogP contribution is 2.33. The van der Waals surface area contributed by atoms with E-state index >= 15 is 0 Å². The van der Waals surface area contributed by atoms with Gasteiger partial charge in [-0.05, 0) is 45.2 Å². The summed E-state index contributed by atoms with van der Waals surface area (Å²) in [5.41, 5.74) is 5.62. The van der Waals surface area contributed by atoms with Gasteiger partial charge in [0.05, 0.1) is 0 Å². The highest BCUT2D eigenvalue weighted by molar-refractivity contribution is 4.90. The summed E-state index contributed by atoms with van der Waals surface area (Å²) in [6.45, 7) is 2.21. The molecule has 1 unspecified atom stereocenters. The van der Waals surface area contributed by atoms with Crippen molar-refractivity contribution < 1.29 is 0 Å². The van der Waals surface area contributed by atoms with Gasteiger partial charge in [-0.1, -0.05) is 6.42 Å². The molecule has 1 saturated carbocycles. The van der Waals surface area contributed by atoms with Crippen molar-refractivity contribution in [1.82, 2.24) is 4.90 Å². The quantitative estimate of drug-likeness (QED) is 0.689. The van der Waals surface area contributed by atoms with E-state index in [4.69, 9.17) is 5.73 Å². The van der Waals surface area contributed by atoms with Gasteiger partial charge in [0.1, 0.15) is 0 Å². The van der Waals surface area contributed by atoms with E-state index in [0.29, 0.717) is 0 Å². The molecule has 1 atom stereocenters. The van der Waals surface area contributed by atoms with Crippen molar-refractivity contribution in [2.24, 2.45) is 5.73 Å². The van der Waals surface area contributed by atoms with E-state index in [1.165, 1.54) is 45.1 Å². The minimum Gasteiger partial charge on any atom is -0.330 e. The van der Waals surface area contributed by atoms with Crippen LogP contribution in [0.5, 0.6) is 0 Å². The van der Waals surface area contributed by atoms with Crippen molar-refractivity contribution in [1.29, 1.82) is 0 Å². The molecule has 70 valence electrons. The average molecular weight is 168 g/mol. The fourth-order valence-electron chi connectivity index (χ4n) is 2.41. The lowest BCUT2D eigenvalue weighted by Crippen LogP contribution is -2.42. The maximum absolute atomic E-state index is 5.62. The van der Waals surface area contributed by atoms with E-state index in [1.54, 1.807) is 0 Å². The Labute approximate surface area is 75.1 Å². The Morgan fingerprint density at radius 3 is 2.67 bits per heavy atom. The predicted octanol–water partition coefficient (Wildman–Crippen LogP) is 1.35. The van der Waals surface area contributed by atoms with Crippen LogP contribution in [0.3, 0.4) is 0 Å². The van der Waals surface area contributed by atoms with Crippen molar-refractivity contribution in [3.63, 3.8) is 0 Å². The third-order valence-corrected chi connectivity index (χ3v) is 3.19. The van der Waals surface area contributed by atoms with Gasteiger partial charge in [-0.3, -0.25) is 4.90 Å². The van der Waals surface area contributed by atoms with Gasteiger partial charge in [-0.2, -0.15) is 0 Å². The Bertz CT molecular complexity index is 141. The lowest BCUT2D eigenvalue weighted by Gasteiger charge is -2.35. The molecule has 0 aromatic heterocycles. The number of rotatable bonds is 3. The first-order valence-electron chi connectivity index (χ1n) is 5.37. The molecule has 2 aliphatic rings. The third kappa shape index (κ3) is 1.80. The molecule has 0 radical (unpaired) electrons. The van der Waals surface area contributed by atoms with E-state index in [-0.39, 0.29) is 0 Å². The Morgan fingerprint density at radius 2 is 2.00 bits per heavy atom. The maximum Gasteiger partial charge on any atom is 0.0110 e. The lowest BCUT2D eigenvalue weighted by atomic mass is 9.99.